The number of benzene rings is 1. The Kier molecular flexibility index (Phi) is 2.04. The molecular weight excluding hydrogens is 203 g/mol. The number of aromatic amines is 1. The summed E-state index contributed by atoms with van der Waals surface area (Å²) in [5, 5.41) is 1.12. The highest BCUT2D eigenvalue weighted by Gasteiger charge is 2.37. The highest BCUT2D eigenvalue weighted by atomic mass is 19.1. The first-order valence-electron chi connectivity index (χ1n) is 5.71. The van der Waals surface area contributed by atoms with Crippen LogP contribution in [-0.2, 0) is 6.42 Å². The van der Waals surface area contributed by atoms with E-state index >= 15 is 0 Å². The second-order valence-corrected chi connectivity index (χ2v) is 4.87. The van der Waals surface area contributed by atoms with Gasteiger partial charge in [-0.1, -0.05) is 0 Å². The lowest BCUT2D eigenvalue weighted by molar-refractivity contribution is 0.610. The van der Waals surface area contributed by atoms with Gasteiger partial charge in [0.2, 0.25) is 0 Å². The number of aromatic nitrogens is 1. The smallest absolute Gasteiger partial charge is 0.125 e. The van der Waals surface area contributed by atoms with Crippen LogP contribution in [0.2, 0.25) is 0 Å². The summed E-state index contributed by atoms with van der Waals surface area (Å²) < 4.78 is 13.0. The Morgan fingerprint density at radius 1 is 1.38 bits per heavy atom. The van der Waals surface area contributed by atoms with E-state index in [-0.39, 0.29) is 11.4 Å². The molecule has 0 spiro atoms. The molecule has 0 unspecified atom stereocenters. The summed E-state index contributed by atoms with van der Waals surface area (Å²) in [6.07, 6.45) is 6.25. The third-order valence-corrected chi connectivity index (χ3v) is 3.51. The van der Waals surface area contributed by atoms with Gasteiger partial charge < -0.3 is 10.7 Å². The zero-order valence-electron chi connectivity index (χ0n) is 9.09. The number of fused-ring (bicyclic) bond motifs is 1. The molecule has 1 aromatic carbocycles. The summed E-state index contributed by atoms with van der Waals surface area (Å²) in [4.78, 5) is 3.10. The Bertz CT molecular complexity index is 526. The van der Waals surface area contributed by atoms with Crippen molar-refractivity contribution >= 4 is 10.9 Å². The van der Waals surface area contributed by atoms with Crippen LogP contribution in [0, 0.1) is 5.82 Å². The average molecular weight is 218 g/mol. The van der Waals surface area contributed by atoms with Crippen molar-refractivity contribution in [1.29, 1.82) is 0 Å². The van der Waals surface area contributed by atoms with Crippen LogP contribution < -0.4 is 5.73 Å². The number of nitrogens with two attached hydrogens (primary N) is 1. The lowest BCUT2D eigenvalue weighted by Crippen LogP contribution is -2.21. The van der Waals surface area contributed by atoms with Crippen molar-refractivity contribution in [1.82, 2.24) is 4.98 Å². The first kappa shape index (κ1) is 9.85. The molecule has 0 amide bonds. The van der Waals surface area contributed by atoms with Crippen LogP contribution in [0.25, 0.3) is 10.9 Å². The lowest BCUT2D eigenvalue weighted by atomic mass is 10.0. The lowest BCUT2D eigenvalue weighted by Gasteiger charge is -2.06. The van der Waals surface area contributed by atoms with Gasteiger partial charge in [0, 0.05) is 22.6 Å². The van der Waals surface area contributed by atoms with Crippen molar-refractivity contribution in [2.45, 2.75) is 31.2 Å². The van der Waals surface area contributed by atoms with E-state index < -0.39 is 0 Å². The van der Waals surface area contributed by atoms with Gasteiger partial charge in [-0.3, -0.25) is 0 Å². The minimum absolute atomic E-state index is 0.0869. The van der Waals surface area contributed by atoms with Gasteiger partial charge in [0.15, 0.2) is 0 Å². The summed E-state index contributed by atoms with van der Waals surface area (Å²) in [6, 6.07) is 4.88. The third kappa shape index (κ3) is 1.71. The Morgan fingerprint density at radius 2 is 2.19 bits per heavy atom. The van der Waals surface area contributed by atoms with Crippen LogP contribution in [0.3, 0.4) is 0 Å². The van der Waals surface area contributed by atoms with E-state index in [1.807, 2.05) is 12.3 Å². The Balaban J connectivity index is 1.86. The molecule has 0 radical (unpaired) electrons. The quantitative estimate of drug-likeness (QED) is 0.817. The highest BCUT2D eigenvalue weighted by molar-refractivity contribution is 5.83. The molecule has 2 nitrogen and oxygen atoms in total. The number of hydrogen-bond acceptors (Lipinski definition) is 1. The first-order chi connectivity index (χ1) is 7.66. The van der Waals surface area contributed by atoms with E-state index in [1.165, 1.54) is 17.7 Å². The van der Waals surface area contributed by atoms with Gasteiger partial charge in [0.05, 0.1) is 0 Å². The molecule has 0 bridgehead atoms. The molecular formula is C13H15FN2. The number of halogens is 1. The fourth-order valence-electron chi connectivity index (χ4n) is 2.16. The molecule has 3 N–H and O–H groups in total. The van der Waals surface area contributed by atoms with E-state index in [9.17, 15) is 4.39 Å². The number of H-pyrrole nitrogens is 1. The minimum Gasteiger partial charge on any atom is -0.361 e. The average Bonchev–Trinajstić information content (AvgIpc) is 2.87. The molecule has 3 rings (SSSR count). The van der Waals surface area contributed by atoms with E-state index in [0.717, 1.165) is 36.6 Å². The summed E-state index contributed by atoms with van der Waals surface area (Å²) >= 11 is 0. The molecule has 1 aliphatic rings. The third-order valence-electron chi connectivity index (χ3n) is 3.51. The molecule has 1 aromatic heterocycles. The molecule has 1 aliphatic carbocycles. The fourth-order valence-corrected chi connectivity index (χ4v) is 2.16. The van der Waals surface area contributed by atoms with Gasteiger partial charge in [-0.15, -0.1) is 0 Å². The van der Waals surface area contributed by atoms with Crippen molar-refractivity contribution in [3.63, 3.8) is 0 Å². The van der Waals surface area contributed by atoms with Crippen LogP contribution in [0.15, 0.2) is 24.4 Å². The summed E-state index contributed by atoms with van der Waals surface area (Å²) in [5.74, 6) is -0.196. The van der Waals surface area contributed by atoms with Gasteiger partial charge in [-0.25, -0.2) is 4.39 Å². The van der Waals surface area contributed by atoms with Crippen molar-refractivity contribution in [3.05, 3.63) is 35.8 Å². The van der Waals surface area contributed by atoms with Crippen LogP contribution in [0.5, 0.6) is 0 Å². The fraction of sp³-hybridized carbons (Fsp3) is 0.385. The summed E-state index contributed by atoms with van der Waals surface area (Å²) in [7, 11) is 0. The number of nitrogens with one attached hydrogen (secondary N) is 1. The maximum Gasteiger partial charge on any atom is 0.125 e. The van der Waals surface area contributed by atoms with Crippen LogP contribution >= 0.6 is 0 Å². The first-order valence-corrected chi connectivity index (χ1v) is 5.71. The molecule has 2 aromatic rings. The number of aryl methyl sites for hydroxylation is 1. The summed E-state index contributed by atoms with van der Waals surface area (Å²) in [5.41, 5.74) is 8.26. The molecule has 0 saturated heterocycles. The minimum atomic E-state index is -0.196. The Morgan fingerprint density at radius 3 is 2.94 bits per heavy atom. The zero-order chi connectivity index (χ0) is 11.2. The zero-order valence-corrected chi connectivity index (χ0v) is 9.09. The van der Waals surface area contributed by atoms with Crippen molar-refractivity contribution in [3.8, 4) is 0 Å². The molecule has 1 fully saturated rings. The largest absolute Gasteiger partial charge is 0.361 e. The maximum atomic E-state index is 13.0. The van der Waals surface area contributed by atoms with Crippen LogP contribution in [0.1, 0.15) is 24.8 Å². The SMILES string of the molecule is NC1(CCc2c[nH]c3cc(F)ccc23)CC1. The topological polar surface area (TPSA) is 41.8 Å². The maximum absolute atomic E-state index is 13.0. The van der Waals surface area contributed by atoms with Gasteiger partial charge >= 0.3 is 0 Å². The predicted octanol–water partition coefficient (Wildman–Crippen LogP) is 2.73. The van der Waals surface area contributed by atoms with Gasteiger partial charge in [-0.05, 0) is 49.4 Å². The molecule has 0 aliphatic heterocycles. The monoisotopic (exact) mass is 218 g/mol. The van der Waals surface area contributed by atoms with Crippen molar-refractivity contribution in [2.24, 2.45) is 5.73 Å². The van der Waals surface area contributed by atoms with Crippen LogP contribution in [-0.4, -0.2) is 10.5 Å². The Hall–Kier alpha value is -1.35. The molecule has 0 atom stereocenters. The van der Waals surface area contributed by atoms with E-state index in [4.69, 9.17) is 5.73 Å². The number of rotatable bonds is 3. The van der Waals surface area contributed by atoms with Crippen molar-refractivity contribution < 1.29 is 4.39 Å². The second kappa shape index (κ2) is 3.32. The molecule has 1 saturated carbocycles. The van der Waals surface area contributed by atoms with Crippen molar-refractivity contribution in [2.75, 3.05) is 0 Å². The van der Waals surface area contributed by atoms with Gasteiger partial charge in [0.25, 0.3) is 0 Å². The molecule has 16 heavy (non-hydrogen) atoms. The van der Waals surface area contributed by atoms with E-state index in [1.54, 1.807) is 0 Å². The van der Waals surface area contributed by atoms with Gasteiger partial charge in [0.1, 0.15) is 5.82 Å². The predicted molar refractivity (Wildman–Crippen MR) is 62.7 cm³/mol. The molecule has 84 valence electrons. The van der Waals surface area contributed by atoms with E-state index in [0.29, 0.717) is 0 Å². The molecule has 3 heteroatoms. The van der Waals surface area contributed by atoms with E-state index in [2.05, 4.69) is 4.98 Å². The second-order valence-electron chi connectivity index (χ2n) is 4.87. The Labute approximate surface area is 93.6 Å². The standard InChI is InChI=1S/C13H15FN2/c14-10-1-2-11-9(8-16-12(11)7-10)3-4-13(15)5-6-13/h1-2,7-8,16H,3-6,15H2. The van der Waals surface area contributed by atoms with Gasteiger partial charge in [-0.2, -0.15) is 0 Å². The molecule has 1 heterocycles. The van der Waals surface area contributed by atoms with Crippen LogP contribution in [0.4, 0.5) is 4.39 Å². The summed E-state index contributed by atoms with van der Waals surface area (Å²) in [6.45, 7) is 0. The normalized spacial score (nSPS) is 17.9. The highest BCUT2D eigenvalue weighted by Crippen LogP contribution is 2.37. The number of hydrogen-bond donors (Lipinski definition) is 2.